The predicted molar refractivity (Wildman–Crippen MR) is 85.1 cm³/mol. The van der Waals surface area contributed by atoms with E-state index < -0.39 is 0 Å². The van der Waals surface area contributed by atoms with Crippen LogP contribution < -0.4 is 5.56 Å². The van der Waals surface area contributed by atoms with Gasteiger partial charge in [-0.05, 0) is 25.1 Å². The summed E-state index contributed by atoms with van der Waals surface area (Å²) in [5, 5.41) is 1.35. The average Bonchev–Trinajstić information content (AvgIpc) is 2.40. The highest BCUT2D eigenvalue weighted by molar-refractivity contribution is 9.10. The molecule has 19 heavy (non-hydrogen) atoms. The van der Waals surface area contributed by atoms with Gasteiger partial charge in [0.1, 0.15) is 0 Å². The highest BCUT2D eigenvalue weighted by Gasteiger charge is 2.10. The van der Waals surface area contributed by atoms with Crippen LogP contribution in [0.4, 0.5) is 0 Å². The van der Waals surface area contributed by atoms with Gasteiger partial charge in [0, 0.05) is 22.3 Å². The molecule has 0 radical (unpaired) electrons. The maximum atomic E-state index is 12.4. The number of halogens is 2. The third kappa shape index (κ3) is 3.22. The lowest BCUT2D eigenvalue weighted by molar-refractivity contribution is 0.635. The van der Waals surface area contributed by atoms with E-state index in [0.717, 1.165) is 15.1 Å². The number of thioether (sulfide) groups is 1. The van der Waals surface area contributed by atoms with Crippen molar-refractivity contribution in [2.45, 2.75) is 18.6 Å². The Morgan fingerprint density at radius 3 is 3.00 bits per heavy atom. The van der Waals surface area contributed by atoms with Gasteiger partial charge in [-0.2, -0.15) is 0 Å². The Balaban J connectivity index is 2.58. The Bertz CT molecular complexity index is 684. The Hall–Kier alpha value is -0.780. The van der Waals surface area contributed by atoms with E-state index in [2.05, 4.69) is 20.9 Å². The Morgan fingerprint density at radius 2 is 2.32 bits per heavy atom. The molecule has 0 amide bonds. The molecule has 0 atom stereocenters. The summed E-state index contributed by atoms with van der Waals surface area (Å²) >= 11 is 10.4. The molecule has 1 aromatic carbocycles. The first-order chi connectivity index (χ1) is 9.17. The van der Waals surface area contributed by atoms with E-state index in [1.165, 1.54) is 17.3 Å². The lowest BCUT2D eigenvalue weighted by Gasteiger charge is -2.10. The smallest absolute Gasteiger partial charge is 0.262 e. The maximum absolute atomic E-state index is 12.4. The standard InChI is InChI=1S/C13H12BrClN2OS/c1-2-17-12(18)10-8-9(14)4-5-11(10)16-13(17)19-7-3-6-15/h3-6,8H,2,7H2,1H3/b6-3+. The van der Waals surface area contributed by atoms with Gasteiger partial charge in [-0.3, -0.25) is 9.36 Å². The van der Waals surface area contributed by atoms with Gasteiger partial charge in [0.25, 0.3) is 5.56 Å². The molecule has 3 nitrogen and oxygen atoms in total. The Kier molecular flexibility index (Phi) is 5.07. The zero-order valence-electron chi connectivity index (χ0n) is 10.3. The molecule has 0 saturated carbocycles. The minimum Gasteiger partial charge on any atom is -0.287 e. The number of rotatable bonds is 4. The van der Waals surface area contributed by atoms with E-state index in [-0.39, 0.29) is 5.56 Å². The number of nitrogens with zero attached hydrogens (tertiary/aromatic N) is 2. The van der Waals surface area contributed by atoms with Crippen molar-refractivity contribution in [2.24, 2.45) is 0 Å². The molecular weight excluding hydrogens is 348 g/mol. The van der Waals surface area contributed by atoms with Crippen LogP contribution in [0.15, 0.2) is 44.2 Å². The first-order valence-electron chi connectivity index (χ1n) is 5.75. The van der Waals surface area contributed by atoms with Gasteiger partial charge in [0.2, 0.25) is 0 Å². The first-order valence-corrected chi connectivity index (χ1v) is 7.97. The third-order valence-corrected chi connectivity index (χ3v) is 4.20. The molecule has 1 aromatic heterocycles. The number of hydrogen-bond donors (Lipinski definition) is 0. The topological polar surface area (TPSA) is 34.9 Å². The summed E-state index contributed by atoms with van der Waals surface area (Å²) in [6.45, 7) is 2.54. The SMILES string of the molecule is CCn1c(SC/C=C/Cl)nc2ccc(Br)cc2c1=O. The van der Waals surface area contributed by atoms with E-state index >= 15 is 0 Å². The number of benzene rings is 1. The molecule has 0 aliphatic heterocycles. The minimum atomic E-state index is -0.00819. The summed E-state index contributed by atoms with van der Waals surface area (Å²) in [5.74, 6) is 0.692. The van der Waals surface area contributed by atoms with Crippen molar-refractivity contribution in [1.82, 2.24) is 9.55 Å². The van der Waals surface area contributed by atoms with Crippen LogP contribution in [-0.4, -0.2) is 15.3 Å². The molecule has 1 heterocycles. The molecule has 0 saturated heterocycles. The van der Waals surface area contributed by atoms with Crippen molar-refractivity contribution in [1.29, 1.82) is 0 Å². The fourth-order valence-corrected chi connectivity index (χ4v) is 3.15. The molecule has 0 fully saturated rings. The van der Waals surface area contributed by atoms with Crippen LogP contribution >= 0.6 is 39.3 Å². The largest absolute Gasteiger partial charge is 0.287 e. The molecule has 0 aliphatic carbocycles. The maximum Gasteiger partial charge on any atom is 0.262 e. The van der Waals surface area contributed by atoms with Gasteiger partial charge in [0.05, 0.1) is 10.9 Å². The van der Waals surface area contributed by atoms with Gasteiger partial charge < -0.3 is 0 Å². The lowest BCUT2D eigenvalue weighted by atomic mass is 10.2. The van der Waals surface area contributed by atoms with E-state index in [1.807, 2.05) is 31.2 Å². The number of aromatic nitrogens is 2. The van der Waals surface area contributed by atoms with Gasteiger partial charge in [0.15, 0.2) is 5.16 Å². The molecule has 100 valence electrons. The monoisotopic (exact) mass is 358 g/mol. The summed E-state index contributed by atoms with van der Waals surface area (Å²) in [4.78, 5) is 17.0. The normalized spacial score (nSPS) is 11.5. The van der Waals surface area contributed by atoms with Gasteiger partial charge in [-0.15, -0.1) is 0 Å². The highest BCUT2D eigenvalue weighted by Crippen LogP contribution is 2.20. The molecule has 6 heteroatoms. The van der Waals surface area contributed by atoms with E-state index in [0.29, 0.717) is 17.7 Å². The van der Waals surface area contributed by atoms with Crippen LogP contribution in [0.25, 0.3) is 10.9 Å². The Labute approximate surface area is 128 Å². The van der Waals surface area contributed by atoms with Crippen LogP contribution in [0.3, 0.4) is 0 Å². The van der Waals surface area contributed by atoms with Crippen molar-refractivity contribution in [3.63, 3.8) is 0 Å². The summed E-state index contributed by atoms with van der Waals surface area (Å²) in [6.07, 6.45) is 1.82. The summed E-state index contributed by atoms with van der Waals surface area (Å²) in [6, 6.07) is 5.55. The molecule has 0 aliphatic rings. The lowest BCUT2D eigenvalue weighted by Crippen LogP contribution is -2.22. The average molecular weight is 360 g/mol. The zero-order valence-corrected chi connectivity index (χ0v) is 13.4. The van der Waals surface area contributed by atoms with Crippen LogP contribution in [0, 0.1) is 0 Å². The van der Waals surface area contributed by atoms with Gasteiger partial charge >= 0.3 is 0 Å². The number of fused-ring (bicyclic) bond motifs is 1. The van der Waals surface area contributed by atoms with E-state index in [1.54, 1.807) is 4.57 Å². The van der Waals surface area contributed by atoms with Crippen LogP contribution in [0.1, 0.15) is 6.92 Å². The van der Waals surface area contributed by atoms with Gasteiger partial charge in [-0.25, -0.2) is 4.98 Å². The second kappa shape index (κ2) is 6.59. The second-order valence-electron chi connectivity index (χ2n) is 3.78. The van der Waals surface area contributed by atoms with Crippen molar-refractivity contribution < 1.29 is 0 Å². The van der Waals surface area contributed by atoms with Crippen LogP contribution in [-0.2, 0) is 6.54 Å². The first kappa shape index (κ1) is 14.6. The minimum absolute atomic E-state index is 0.00819. The molecule has 0 N–H and O–H groups in total. The quantitative estimate of drug-likeness (QED) is 0.611. The van der Waals surface area contributed by atoms with Crippen molar-refractivity contribution in [3.05, 3.63) is 44.6 Å². The predicted octanol–water partition coefficient (Wildman–Crippen LogP) is 4.02. The fourth-order valence-electron chi connectivity index (χ4n) is 1.72. The number of hydrogen-bond acceptors (Lipinski definition) is 3. The molecular formula is C13H12BrClN2OS. The molecule has 0 bridgehead atoms. The molecule has 2 rings (SSSR count). The fraction of sp³-hybridized carbons (Fsp3) is 0.231. The van der Waals surface area contributed by atoms with Crippen molar-refractivity contribution in [3.8, 4) is 0 Å². The second-order valence-corrected chi connectivity index (χ2v) is 5.93. The summed E-state index contributed by atoms with van der Waals surface area (Å²) < 4.78 is 2.56. The molecule has 2 aromatic rings. The van der Waals surface area contributed by atoms with E-state index in [4.69, 9.17) is 11.6 Å². The van der Waals surface area contributed by atoms with Crippen LogP contribution in [0.2, 0.25) is 0 Å². The summed E-state index contributed by atoms with van der Waals surface area (Å²) in [5.41, 5.74) is 2.18. The highest BCUT2D eigenvalue weighted by atomic mass is 79.9. The van der Waals surface area contributed by atoms with Gasteiger partial charge in [-0.1, -0.05) is 45.4 Å². The molecule has 0 unspecified atom stereocenters. The molecule has 0 spiro atoms. The van der Waals surface area contributed by atoms with Crippen molar-refractivity contribution in [2.75, 3.05) is 5.75 Å². The zero-order chi connectivity index (χ0) is 13.8. The summed E-state index contributed by atoms with van der Waals surface area (Å²) in [7, 11) is 0. The third-order valence-electron chi connectivity index (χ3n) is 2.60. The Morgan fingerprint density at radius 1 is 1.53 bits per heavy atom. The van der Waals surface area contributed by atoms with Crippen LogP contribution in [0.5, 0.6) is 0 Å². The van der Waals surface area contributed by atoms with E-state index in [9.17, 15) is 4.79 Å². The van der Waals surface area contributed by atoms with Crippen molar-refractivity contribution >= 4 is 50.2 Å².